The molecule has 0 radical (unpaired) electrons. The lowest BCUT2D eigenvalue weighted by molar-refractivity contribution is 0.0602. The summed E-state index contributed by atoms with van der Waals surface area (Å²) in [6.07, 6.45) is 56.8. The van der Waals surface area contributed by atoms with E-state index >= 15 is 0 Å². The van der Waals surface area contributed by atoms with E-state index in [1.807, 2.05) is 12.2 Å². The van der Waals surface area contributed by atoms with Crippen molar-refractivity contribution in [3.63, 3.8) is 0 Å². The maximum absolute atomic E-state index is 13.2. The van der Waals surface area contributed by atoms with E-state index in [9.17, 15) is 66.5 Å². The second kappa shape index (κ2) is 41.9. The molecule has 0 spiro atoms. The molecule has 0 aromatic carbocycles. The Hall–Kier alpha value is -5.24. The van der Waals surface area contributed by atoms with Gasteiger partial charge in [-0.25, -0.2) is 25.6 Å². The van der Waals surface area contributed by atoms with Crippen LogP contribution in [0.4, 0.5) is 8.78 Å². The van der Waals surface area contributed by atoms with Crippen LogP contribution in [0.1, 0.15) is 317 Å². The zero-order valence-electron chi connectivity index (χ0n) is 77.9. The second-order valence-corrected chi connectivity index (χ2v) is 47.8. The molecule has 0 saturated heterocycles. The van der Waals surface area contributed by atoms with Crippen LogP contribution >= 0.6 is 0 Å². The number of aliphatic hydroxyl groups is 8. The van der Waals surface area contributed by atoms with Gasteiger partial charge in [0.15, 0.2) is 19.7 Å². The highest BCUT2D eigenvalue weighted by Crippen LogP contribution is 2.61. The van der Waals surface area contributed by atoms with Crippen LogP contribution in [0.15, 0.2) is 210 Å². The summed E-state index contributed by atoms with van der Waals surface area (Å²) in [5.74, 6) is 3.14. The number of allylic oxidation sites excluding steroid dienone is 28. The Kier molecular flexibility index (Phi) is 34.5. The number of hydrogen-bond acceptors (Lipinski definition) is 12. The Morgan fingerprint density at radius 2 is 0.631 bits per heavy atom. The van der Waals surface area contributed by atoms with E-state index in [0.717, 1.165) is 136 Å². The summed E-state index contributed by atoms with van der Waals surface area (Å²) in [6, 6.07) is 0. The molecule has 0 aromatic heterocycles. The number of halogens is 2. The lowest BCUT2D eigenvalue weighted by Gasteiger charge is -2.42. The van der Waals surface area contributed by atoms with Crippen LogP contribution in [-0.4, -0.2) is 116 Å². The fourth-order valence-electron chi connectivity index (χ4n) is 23.5. The van der Waals surface area contributed by atoms with Crippen molar-refractivity contribution in [2.45, 2.75) is 376 Å². The van der Waals surface area contributed by atoms with Gasteiger partial charge in [0.2, 0.25) is 0 Å². The summed E-state index contributed by atoms with van der Waals surface area (Å²) >= 11 is 0. The van der Waals surface area contributed by atoms with Crippen LogP contribution in [0, 0.1) is 69.0 Å². The molecule has 0 aliphatic heterocycles. The van der Waals surface area contributed by atoms with Gasteiger partial charge in [-0.15, -0.1) is 0 Å². The van der Waals surface area contributed by atoms with Gasteiger partial charge in [0.05, 0.1) is 70.0 Å². The summed E-state index contributed by atoms with van der Waals surface area (Å²) in [5.41, 5.74) is 18.0. The molecule has 8 N–H and O–H groups in total. The minimum atomic E-state index is -3.29. The van der Waals surface area contributed by atoms with Crippen LogP contribution < -0.4 is 0 Å². The molecule has 12 rings (SSSR count). The molecule has 0 heterocycles. The van der Waals surface area contributed by atoms with Crippen LogP contribution in [0.3, 0.4) is 0 Å². The Morgan fingerprint density at radius 1 is 0.393 bits per heavy atom. The normalized spacial score (nSPS) is 35.6. The highest BCUT2D eigenvalue weighted by molar-refractivity contribution is 7.96. The molecule has 0 bridgehead atoms. The van der Waals surface area contributed by atoms with Gasteiger partial charge in [-0.05, 0) is 340 Å². The van der Waals surface area contributed by atoms with Crippen LogP contribution in [0.25, 0.3) is 0 Å². The highest BCUT2D eigenvalue weighted by Gasteiger charge is 2.51. The largest absolute Gasteiger partial charge is 0.393 e. The third-order valence-corrected chi connectivity index (χ3v) is 36.0. The van der Waals surface area contributed by atoms with Gasteiger partial charge in [-0.2, -0.15) is 0 Å². The van der Waals surface area contributed by atoms with Crippen molar-refractivity contribution in [3.05, 3.63) is 210 Å². The molecule has 12 aliphatic rings. The van der Waals surface area contributed by atoms with Gasteiger partial charge >= 0.3 is 0 Å². The maximum atomic E-state index is 13.2. The fraction of sp³-hybridized carbons (Fsp3) is 0.660. The highest BCUT2D eigenvalue weighted by atomic mass is 32.2. The number of hydrogen-bond donors (Lipinski definition) is 8. The molecule has 122 heavy (non-hydrogen) atoms. The van der Waals surface area contributed by atoms with Gasteiger partial charge in [-0.1, -0.05) is 221 Å². The first-order valence-electron chi connectivity index (χ1n) is 46.6. The quantitative estimate of drug-likeness (QED) is 0.0599. The summed E-state index contributed by atoms with van der Waals surface area (Å²) in [6.45, 7) is 43.5. The molecule has 16 heteroatoms. The first-order chi connectivity index (χ1) is 56.9. The number of aliphatic hydroxyl groups excluding tert-OH is 8. The van der Waals surface area contributed by atoms with Crippen molar-refractivity contribution in [1.82, 2.24) is 0 Å². The van der Waals surface area contributed by atoms with E-state index < -0.39 is 78.0 Å². The smallest absolute Gasteiger partial charge is 0.178 e. The SMILES string of the molecule is C/C(F)=C/C[C@@H](C)C1=CC[C@H]2/C(=C/C=C3C[C@@H](O)C[C@H](O)C3)CCC[C@]12C.C/C(F)=C\C[C@@H](C)C1=CC[C@H]2/C(=C/C=C3C[C@@H](O)C[C@H](O)C3)CCC[C@]12C.C=C1/C(=C\C=C2/CCC[C@]3(C)C([C@H](C)C/C=C(/C)S(=O)(=O)C(C)(C)C)=CC[C@@H]23)C[C@@H](O)C[C@@H]1O.C=C1/C(=C\C=C2/CCC[C@]3(C)C([C@H](C)C/C=C(/C)S(=O)(=O)C(C)(C)C)=CC[C@@H]23)C[C@H](O)C[C@H]1O. The molecule has 0 unspecified atom stereocenters. The topological polar surface area (TPSA) is 230 Å². The monoisotopic (exact) mass is 1730 g/mol. The van der Waals surface area contributed by atoms with E-state index in [1.165, 1.54) is 84.1 Å². The zero-order chi connectivity index (χ0) is 90.2. The molecular weight excluding hydrogens is 1570 g/mol. The summed E-state index contributed by atoms with van der Waals surface area (Å²) in [7, 11) is -6.58. The van der Waals surface area contributed by atoms with Crippen LogP contribution in [0.5, 0.6) is 0 Å². The van der Waals surface area contributed by atoms with Gasteiger partial charge < -0.3 is 40.9 Å². The van der Waals surface area contributed by atoms with E-state index in [-0.39, 0.29) is 33.3 Å². The van der Waals surface area contributed by atoms with Crippen molar-refractivity contribution in [1.29, 1.82) is 0 Å². The minimum Gasteiger partial charge on any atom is -0.393 e. The molecule has 12 nitrogen and oxygen atoms in total. The molecule has 20 atom stereocenters. The van der Waals surface area contributed by atoms with Gasteiger partial charge in [0.25, 0.3) is 0 Å². The second-order valence-electron chi connectivity index (χ2n) is 42.0. The molecule has 8 fully saturated rings. The van der Waals surface area contributed by atoms with E-state index in [2.05, 4.69) is 141 Å². The lowest BCUT2D eigenvalue weighted by atomic mass is 9.62. The summed E-state index contributed by atoms with van der Waals surface area (Å²) in [4.78, 5) is 0.945. The van der Waals surface area contributed by atoms with E-state index in [0.29, 0.717) is 121 Å². The lowest BCUT2D eigenvalue weighted by Crippen LogP contribution is -2.32. The number of fused-ring (bicyclic) bond motifs is 4. The minimum absolute atomic E-state index is 0.0881. The molecule has 8 saturated carbocycles. The predicted octanol–water partition coefficient (Wildman–Crippen LogP) is 23.9. The third kappa shape index (κ3) is 24.0. The Labute approximate surface area is 736 Å². The molecule has 12 aliphatic carbocycles. The maximum Gasteiger partial charge on any atom is 0.178 e. The van der Waals surface area contributed by atoms with Crippen molar-refractivity contribution >= 4 is 19.7 Å². The van der Waals surface area contributed by atoms with Crippen molar-refractivity contribution < 1.29 is 66.5 Å². The predicted molar refractivity (Wildman–Crippen MR) is 499 cm³/mol. The molecular formula is C106H158F2O12S2. The van der Waals surface area contributed by atoms with E-state index in [1.54, 1.807) is 67.5 Å². The average molecular weight is 1730 g/mol. The molecule has 0 amide bonds. The Bertz CT molecular complexity index is 4220. The van der Waals surface area contributed by atoms with Crippen LogP contribution in [0.2, 0.25) is 0 Å². The number of sulfone groups is 2. The van der Waals surface area contributed by atoms with Crippen molar-refractivity contribution in [2.75, 3.05) is 0 Å². The Balaban J connectivity index is 0.000000186. The fourth-order valence-corrected chi connectivity index (χ4v) is 26.1. The molecule has 680 valence electrons. The first-order valence-corrected chi connectivity index (χ1v) is 49.6. The van der Waals surface area contributed by atoms with Crippen molar-refractivity contribution in [2.24, 2.45) is 69.0 Å². The van der Waals surface area contributed by atoms with Gasteiger partial charge in [-0.3, -0.25) is 0 Å². The van der Waals surface area contributed by atoms with Crippen LogP contribution in [-0.2, 0) is 19.7 Å². The summed E-state index contributed by atoms with van der Waals surface area (Å²) in [5, 5.41) is 80.0. The van der Waals surface area contributed by atoms with E-state index in [4.69, 9.17) is 0 Å². The Morgan fingerprint density at radius 3 is 0.877 bits per heavy atom. The third-order valence-electron chi connectivity index (χ3n) is 30.7. The number of rotatable bonds is 18. The summed E-state index contributed by atoms with van der Waals surface area (Å²) < 4.78 is 75.8. The zero-order valence-corrected chi connectivity index (χ0v) is 79.5. The van der Waals surface area contributed by atoms with Gasteiger partial charge in [0, 0.05) is 22.7 Å². The average Bonchev–Trinajstić information content (AvgIpc) is 1.61. The van der Waals surface area contributed by atoms with Crippen molar-refractivity contribution in [3.8, 4) is 0 Å². The molecule has 0 aromatic rings. The first kappa shape index (κ1) is 101. The standard InChI is InChI=1S/2C29H44O4S.2C24H35FO2/c2*1-19(10-11-20(2)34(32,33)28(4,5)6)25-14-15-26-22(9-8-16-29(25,26)7)12-13-23-17-24(30)18-27(31)21(23)3;2*1-16(6-7-17(2)25)22-10-11-23-19(5-4-12-24(22,23)3)9-8-18-13-20(26)15-21(27)14-18/h2*11-14,19,24,26-27,30-31H,3,8-10,15-18H2,1-2,4-7H3;2*7-10,16,20-21,23,26-27H,4-6,11-15H2,1-3H3/b2*20-11-,22-12+,23-13-;17-7+,19-9+;17-7-,19-9+/t19-,24+,26+,27-,29-;19-,24-,26+,27+,29-;2*16-,20-,21-,23+,24-/m1111/s1. The van der Waals surface area contributed by atoms with Gasteiger partial charge in [0.1, 0.15) is 0 Å².